The predicted octanol–water partition coefficient (Wildman–Crippen LogP) is 10.8. The van der Waals surface area contributed by atoms with Crippen molar-refractivity contribution >= 4 is 99.5 Å². The summed E-state index contributed by atoms with van der Waals surface area (Å²) in [6.45, 7) is 1.29. The van der Waals surface area contributed by atoms with E-state index in [4.69, 9.17) is 38.3 Å². The summed E-state index contributed by atoms with van der Waals surface area (Å²) < 4.78 is 155. The lowest BCUT2D eigenvalue weighted by molar-refractivity contribution is -0.139. The van der Waals surface area contributed by atoms with Crippen LogP contribution < -0.4 is 73.7 Å². The fourth-order valence-corrected chi connectivity index (χ4v) is 10.3. The molecule has 2 fully saturated rings. The first-order valence-electron chi connectivity index (χ1n) is 31.0. The fourth-order valence-electron chi connectivity index (χ4n) is 10.1. The molecule has 0 aliphatic carbocycles. The number of aromatic nitrogens is 15. The molecule has 3 atom stereocenters. The van der Waals surface area contributed by atoms with Gasteiger partial charge < -0.3 is 73.7 Å². The van der Waals surface area contributed by atoms with Gasteiger partial charge in [-0.05, 0) is 105 Å². The molecule has 9 aromatic rings. The first-order chi connectivity index (χ1) is 49.2. The molecule has 104 heavy (non-hydrogen) atoms. The predicted molar refractivity (Wildman–Crippen MR) is 382 cm³/mol. The summed E-state index contributed by atoms with van der Waals surface area (Å²) in [6.07, 6.45) is -9.10. The largest absolute Gasteiger partial charge is 0.497 e. The number of hydrogen-bond donors (Lipinski definition) is 10. The molecule has 3 aromatic carbocycles. The van der Waals surface area contributed by atoms with E-state index in [9.17, 15) is 62.7 Å². The van der Waals surface area contributed by atoms with Gasteiger partial charge in [0.1, 0.15) is 55.1 Å². The molecule has 2 saturated heterocycles. The first kappa shape index (κ1) is 76.2. The van der Waals surface area contributed by atoms with Crippen LogP contribution in [-0.2, 0) is 14.4 Å². The molecular formula is C60H89ClF11N27O5. The number of alkyl halides is 9. The Kier molecular flexibility index (Phi) is 24.0. The number of nitrogens with one attached hydrogen (secondary N) is 7. The van der Waals surface area contributed by atoms with Crippen LogP contribution in [0, 0.1) is 24.5 Å². The summed E-state index contributed by atoms with van der Waals surface area (Å²) in [7, 11) is 3.12. The van der Waals surface area contributed by atoms with Crippen LogP contribution in [0.2, 0.25) is 5.02 Å². The molecule has 3 amide bonds. The van der Waals surface area contributed by atoms with E-state index in [0.29, 0.717) is 46.4 Å². The smallest absolute Gasteiger partial charge is 0.405 e. The summed E-state index contributed by atoms with van der Waals surface area (Å²) in [4.78, 5) is 76.4. The molecule has 2 aliphatic heterocycles. The number of nitrogen functional groups attached to an aromatic ring is 3. The van der Waals surface area contributed by atoms with Crippen molar-refractivity contribution in [3.05, 3.63) is 114 Å². The molecule has 8 heterocycles. The van der Waals surface area contributed by atoms with Gasteiger partial charge >= 0.3 is 18.5 Å². The van der Waals surface area contributed by atoms with Crippen LogP contribution in [-0.4, -0.2) is 176 Å². The van der Waals surface area contributed by atoms with Crippen LogP contribution in [0.1, 0.15) is 62.2 Å². The minimum atomic E-state index is -4.56. The average molecular weight is 1510 g/mol. The molecule has 578 valence electrons. The number of amides is 3. The standard InChI is InChI=1S/C21H23F4N9O2.C20H24F3N9O2.C19H18ClF4N9O.12H2/c1-11-8-12(36-2)5-6-14(11)29-19-31-18(26)34(32-19)20-27-9-13(22)16(30-20)33-7-3-4-15(33)17(35)28-10-21(23,24)25;1-11(2)15(16(33)26-10-20(21,22)23)28-14-8-9-25-19(29-14)32-17(24)30-18(31-32)27-12-4-6-13(34-3)7-5-12;20-10-4-1-2-5-12(10)28-17-30-16(25)33(31-17)18-26-8-11(21)14(29-18)32-7-3-6-13(32)15(34)27-9-19(22,23)24;;;;;;;;;;;;/h5-6,8-9,15H,3-4,7,10H2,1-2H3,(H,28,35)(H3,26,29,31,32);4-9,11,15H,10H2,1-3H3,(H,26,33)(H,25,28,29)(H3,24,27,30,31);1-2,4-5,8,13H,3,6-7,9H2,(H,27,34)(H3,25,28,30,31);12*1H/t2*15-;13-;;;;;;;;;;;;/m111............/s1. The van der Waals surface area contributed by atoms with Crippen molar-refractivity contribution in [2.75, 3.05) is 95.2 Å². The third-order valence-electron chi connectivity index (χ3n) is 15.0. The molecule has 0 spiro atoms. The second kappa shape index (κ2) is 32.8. The highest BCUT2D eigenvalue weighted by Gasteiger charge is 2.39. The number of nitrogens with zero attached hydrogens (tertiary/aromatic N) is 17. The Morgan fingerprint density at radius 3 is 1.50 bits per heavy atom. The van der Waals surface area contributed by atoms with Crippen molar-refractivity contribution in [2.45, 2.75) is 83.1 Å². The Morgan fingerprint density at radius 1 is 0.587 bits per heavy atom. The third kappa shape index (κ3) is 20.2. The Balaban J connectivity index is -0.000000772. The lowest BCUT2D eigenvalue weighted by Gasteiger charge is -2.25. The number of nitrogens with two attached hydrogens (primary N) is 3. The molecule has 6 aromatic heterocycles. The second-order valence-corrected chi connectivity index (χ2v) is 23.3. The summed E-state index contributed by atoms with van der Waals surface area (Å²) in [5.41, 5.74) is 20.6. The molecule has 11 rings (SSSR count). The van der Waals surface area contributed by atoms with Crippen LogP contribution in [0.4, 0.5) is 119 Å². The van der Waals surface area contributed by atoms with Crippen LogP contribution in [0.5, 0.6) is 11.5 Å². The van der Waals surface area contributed by atoms with Gasteiger partial charge in [0, 0.05) is 47.8 Å². The molecule has 0 saturated carbocycles. The van der Waals surface area contributed by atoms with Gasteiger partial charge in [0.05, 0.1) is 37.3 Å². The van der Waals surface area contributed by atoms with E-state index in [0.717, 1.165) is 27.3 Å². The molecule has 0 unspecified atom stereocenters. The number of methoxy groups -OCH3 is 2. The highest BCUT2D eigenvalue weighted by molar-refractivity contribution is 6.33. The van der Waals surface area contributed by atoms with E-state index in [2.05, 4.69) is 81.4 Å². The molecule has 0 radical (unpaired) electrons. The molecule has 0 bridgehead atoms. The van der Waals surface area contributed by atoms with E-state index in [1.54, 1.807) is 88.7 Å². The topological polar surface area (TPSA) is 408 Å². The molecular weight excluding hydrogens is 1420 g/mol. The maximum Gasteiger partial charge on any atom is 0.405 e. The van der Waals surface area contributed by atoms with Crippen LogP contribution in [0.15, 0.2) is 91.4 Å². The SMILES string of the molecule is COc1ccc(Nc2nc(N)n(-c3ncc(F)c(N4CCC[C@@H]4C(=O)NCC(F)(F)F)n3)n2)c(C)c1.COc1ccc(Nc2nc(N)n(-c3nccc(N[C@@H](C(=O)NCC(F)(F)F)C(C)C)n3)n2)cc1.Nc1nc(Nc2ccccc2Cl)nn1-c1ncc(F)c(N2CCC[C@@H]2C(=O)NCC(F)(F)F)n1.[HH].[HH].[HH].[HH].[HH].[HH].[HH].[HH].[HH].[HH].[HH].[HH]. The maximum absolute atomic E-state index is 14.7. The number of anilines is 12. The van der Waals surface area contributed by atoms with E-state index in [1.165, 1.54) is 26.7 Å². The van der Waals surface area contributed by atoms with Crippen LogP contribution in [0.25, 0.3) is 17.8 Å². The molecule has 44 heteroatoms. The Hall–Kier alpha value is -12.0. The average Bonchev–Trinajstić information content (AvgIpc) is 1.62. The zero-order valence-electron chi connectivity index (χ0n) is 55.2. The number of ether oxygens (including phenoxy) is 2. The van der Waals surface area contributed by atoms with E-state index in [1.807, 2.05) is 28.9 Å². The molecule has 13 N–H and O–H groups in total. The maximum atomic E-state index is 14.7. The van der Waals surface area contributed by atoms with Gasteiger partial charge in [-0.2, -0.15) is 83.5 Å². The van der Waals surface area contributed by atoms with Crippen molar-refractivity contribution in [3.8, 4) is 29.3 Å². The normalized spacial score (nSPS) is 14.7. The number of hydrogen-bond acceptors (Lipinski definition) is 26. The summed E-state index contributed by atoms with van der Waals surface area (Å²) in [5.74, 6) is -3.57. The second-order valence-electron chi connectivity index (χ2n) is 22.9. The van der Waals surface area contributed by atoms with Gasteiger partial charge in [-0.3, -0.25) is 14.4 Å². The minimum Gasteiger partial charge on any atom is -0.497 e. The highest BCUT2D eigenvalue weighted by Crippen LogP contribution is 2.32. The van der Waals surface area contributed by atoms with E-state index >= 15 is 0 Å². The van der Waals surface area contributed by atoms with Crippen molar-refractivity contribution in [2.24, 2.45) is 5.92 Å². The molecule has 2 aliphatic rings. The first-order valence-corrected chi connectivity index (χ1v) is 31.4. The number of aryl methyl sites for hydroxylation is 1. The van der Waals surface area contributed by atoms with Gasteiger partial charge in [-0.15, -0.1) is 15.3 Å². The summed E-state index contributed by atoms with van der Waals surface area (Å²) in [5, 5.41) is 30.4. The number of benzene rings is 3. The third-order valence-corrected chi connectivity index (χ3v) is 15.3. The van der Waals surface area contributed by atoms with Gasteiger partial charge in [0.15, 0.2) is 23.3 Å². The lowest BCUT2D eigenvalue weighted by atomic mass is 10.0. The van der Waals surface area contributed by atoms with Crippen molar-refractivity contribution in [1.29, 1.82) is 0 Å². The number of halogens is 12. The van der Waals surface area contributed by atoms with E-state index in [-0.39, 0.29) is 120 Å². The summed E-state index contributed by atoms with van der Waals surface area (Å²) in [6, 6.07) is 17.7. The fraction of sp³-hybridized carbons (Fsp3) is 0.350. The Labute approximate surface area is 604 Å². The van der Waals surface area contributed by atoms with Gasteiger partial charge in [0.25, 0.3) is 17.8 Å². The van der Waals surface area contributed by atoms with Crippen LogP contribution in [0.3, 0.4) is 0 Å². The monoisotopic (exact) mass is 1510 g/mol. The minimum absolute atomic E-state index is 0. The number of carbonyl (C=O) groups excluding carboxylic acids is 3. The van der Waals surface area contributed by atoms with Gasteiger partial charge in [-0.25, -0.2) is 23.7 Å². The number of carbonyl (C=O) groups is 3. The Morgan fingerprint density at radius 2 is 1.04 bits per heavy atom. The lowest BCUT2D eigenvalue weighted by Crippen LogP contribution is -2.46. The van der Waals surface area contributed by atoms with Crippen molar-refractivity contribution < 1.29 is 89.3 Å². The summed E-state index contributed by atoms with van der Waals surface area (Å²) >= 11 is 6.11. The number of para-hydroxylation sites is 1. The molecule has 32 nitrogen and oxygen atoms in total. The quantitative estimate of drug-likeness (QED) is 0.0282. The van der Waals surface area contributed by atoms with Gasteiger partial charge in [0.2, 0.25) is 53.4 Å². The van der Waals surface area contributed by atoms with Gasteiger partial charge in [-0.1, -0.05) is 37.6 Å². The highest BCUT2D eigenvalue weighted by atomic mass is 35.5. The number of rotatable bonds is 22. The zero-order chi connectivity index (χ0) is 75.4. The van der Waals surface area contributed by atoms with E-state index < -0.39 is 85.6 Å². The van der Waals surface area contributed by atoms with Crippen molar-refractivity contribution in [1.82, 2.24) is 90.1 Å². The van der Waals surface area contributed by atoms with Crippen LogP contribution >= 0.6 is 11.6 Å². The zero-order valence-corrected chi connectivity index (χ0v) is 56.0. The van der Waals surface area contributed by atoms with Crippen molar-refractivity contribution in [3.63, 3.8) is 0 Å². The Bertz CT molecular complexity index is 4520.